The van der Waals surface area contributed by atoms with Crippen molar-refractivity contribution >= 4 is 45.8 Å². The highest BCUT2D eigenvalue weighted by molar-refractivity contribution is 5.89. The molecule has 0 aliphatic heterocycles. The number of rotatable bonds is 14. The Kier molecular flexibility index (Phi) is 13.0. The molecule has 0 spiro atoms. The van der Waals surface area contributed by atoms with Gasteiger partial charge < -0.3 is 39.7 Å². The highest BCUT2D eigenvalue weighted by Gasteiger charge is 2.37. The second kappa shape index (κ2) is 19.6. The number of imidazole rings is 2. The van der Waals surface area contributed by atoms with Crippen molar-refractivity contribution in [3.05, 3.63) is 123 Å². The zero-order valence-corrected chi connectivity index (χ0v) is 44.2. The van der Waals surface area contributed by atoms with Gasteiger partial charge in [-0.2, -0.15) is 10.2 Å². The van der Waals surface area contributed by atoms with Crippen LogP contribution in [-0.4, -0.2) is 112 Å². The number of hydrogen-bond donors (Lipinski definition) is 2. The fourth-order valence-electron chi connectivity index (χ4n) is 8.87. The number of anilines is 2. The Morgan fingerprint density at radius 1 is 0.597 bits per heavy atom. The van der Waals surface area contributed by atoms with Crippen LogP contribution in [0.5, 0.6) is 11.5 Å². The van der Waals surface area contributed by atoms with Crippen LogP contribution in [0.3, 0.4) is 0 Å². The molecular weight excluding hydrogens is 979 g/mol. The Balaban J connectivity index is 0.952. The Labute approximate surface area is 442 Å². The summed E-state index contributed by atoms with van der Waals surface area (Å²) in [5.41, 5.74) is 18.4. The number of fused-ring (bicyclic) bond motifs is 2. The molecule has 6 heterocycles. The molecule has 392 valence electrons. The number of aromatic nitrogens is 14. The van der Waals surface area contributed by atoms with E-state index in [0.717, 1.165) is 38.8 Å². The molecule has 77 heavy (non-hydrogen) atoms. The topological polar surface area (TPSA) is 266 Å². The number of hydrogen-bond acceptors (Lipinski definition) is 17. The third kappa shape index (κ3) is 10.2. The SMILES string of the molecule is CN(C)C(=O)C(OC(=O)C(C)(C)COc1ccc(-n2cncn2)c(-c2nc3cc(-c4cnc(N)nc4)ccc3n2C(C)(C)C)c1)Oc1ccc(-n2cncn2)c(-c2nc3cc(-c4cnc(N)nc4)ccc3n2C(C)(C)C)c1. The summed E-state index contributed by atoms with van der Waals surface area (Å²) in [6.07, 6.45) is 11.1. The van der Waals surface area contributed by atoms with E-state index in [2.05, 4.69) is 90.8 Å². The molecule has 0 aliphatic rings. The van der Waals surface area contributed by atoms with E-state index in [1.165, 1.54) is 17.6 Å². The van der Waals surface area contributed by atoms with Gasteiger partial charge in [-0.05, 0) is 127 Å². The summed E-state index contributed by atoms with van der Waals surface area (Å²) in [6, 6.07) is 22.7. The number of carbonyl (C=O) groups is 2. The minimum atomic E-state index is -1.69. The molecule has 0 fully saturated rings. The summed E-state index contributed by atoms with van der Waals surface area (Å²) < 4.78 is 26.4. The van der Waals surface area contributed by atoms with E-state index >= 15 is 0 Å². The van der Waals surface area contributed by atoms with Crippen LogP contribution in [-0.2, 0) is 25.4 Å². The Hall–Kier alpha value is -9.60. The number of ether oxygens (including phenoxy) is 3. The number of carbonyl (C=O) groups excluding carboxylic acids is 2. The van der Waals surface area contributed by atoms with Crippen LogP contribution in [0.25, 0.3) is 78.5 Å². The molecule has 1 amide bonds. The van der Waals surface area contributed by atoms with E-state index in [4.69, 9.17) is 35.6 Å². The minimum Gasteiger partial charge on any atom is -0.492 e. The summed E-state index contributed by atoms with van der Waals surface area (Å²) >= 11 is 0. The van der Waals surface area contributed by atoms with Crippen molar-refractivity contribution in [1.82, 2.24) is 73.5 Å². The molecule has 10 aromatic rings. The first kappa shape index (κ1) is 50.9. The lowest BCUT2D eigenvalue weighted by molar-refractivity contribution is -0.185. The average Bonchev–Trinajstić information content (AvgIpc) is 4.28. The van der Waals surface area contributed by atoms with Crippen molar-refractivity contribution in [1.29, 1.82) is 0 Å². The van der Waals surface area contributed by atoms with Gasteiger partial charge in [-0.3, -0.25) is 9.59 Å². The number of likely N-dealkylation sites (N-methyl/N-ethyl adjacent to an activating group) is 1. The molecule has 4 N–H and O–H groups in total. The van der Waals surface area contributed by atoms with Gasteiger partial charge in [0.1, 0.15) is 55.1 Å². The van der Waals surface area contributed by atoms with Gasteiger partial charge in [0.05, 0.1) is 38.9 Å². The van der Waals surface area contributed by atoms with Crippen molar-refractivity contribution in [3.8, 4) is 67.9 Å². The van der Waals surface area contributed by atoms with Crippen LogP contribution < -0.4 is 20.9 Å². The van der Waals surface area contributed by atoms with Crippen LogP contribution in [0.1, 0.15) is 55.4 Å². The zero-order chi connectivity index (χ0) is 54.6. The lowest BCUT2D eigenvalue weighted by Gasteiger charge is -2.28. The fourth-order valence-corrected chi connectivity index (χ4v) is 8.87. The van der Waals surface area contributed by atoms with Gasteiger partial charge in [0.15, 0.2) is 0 Å². The molecule has 0 radical (unpaired) electrons. The quantitative estimate of drug-likeness (QED) is 0.0773. The van der Waals surface area contributed by atoms with Crippen molar-refractivity contribution in [2.75, 3.05) is 32.2 Å². The second-order valence-electron chi connectivity index (χ2n) is 21.2. The van der Waals surface area contributed by atoms with Crippen molar-refractivity contribution < 1.29 is 23.8 Å². The maximum absolute atomic E-state index is 14.4. The van der Waals surface area contributed by atoms with E-state index in [-0.39, 0.29) is 24.3 Å². The Morgan fingerprint density at radius 2 is 1.05 bits per heavy atom. The summed E-state index contributed by atoms with van der Waals surface area (Å²) in [5.74, 6) is 0.878. The fraction of sp³-hybridized carbons (Fsp3) is 0.273. The van der Waals surface area contributed by atoms with Crippen molar-refractivity contribution in [2.45, 2.75) is 72.8 Å². The first-order chi connectivity index (χ1) is 36.6. The largest absolute Gasteiger partial charge is 0.492 e. The van der Waals surface area contributed by atoms with Gasteiger partial charge in [0.25, 0.3) is 0 Å². The van der Waals surface area contributed by atoms with E-state index < -0.39 is 34.7 Å². The van der Waals surface area contributed by atoms with Gasteiger partial charge in [-0.25, -0.2) is 49.2 Å². The van der Waals surface area contributed by atoms with Crippen LogP contribution in [0.15, 0.2) is 123 Å². The zero-order valence-electron chi connectivity index (χ0n) is 44.2. The number of amides is 1. The number of esters is 1. The minimum absolute atomic E-state index is 0.146. The summed E-state index contributed by atoms with van der Waals surface area (Å²) in [5, 5.41) is 8.90. The molecular formula is C55H57N17O5. The molecule has 0 saturated carbocycles. The molecule has 0 bridgehead atoms. The molecule has 1 atom stereocenters. The van der Waals surface area contributed by atoms with Gasteiger partial charge in [-0.15, -0.1) is 0 Å². The predicted octanol–water partition coefficient (Wildman–Crippen LogP) is 7.91. The number of benzene rings is 4. The first-order valence-corrected chi connectivity index (χ1v) is 24.6. The first-order valence-electron chi connectivity index (χ1n) is 24.6. The molecule has 0 saturated heterocycles. The number of nitrogens with zero attached hydrogens (tertiary/aromatic N) is 15. The summed E-state index contributed by atoms with van der Waals surface area (Å²) in [7, 11) is 3.11. The van der Waals surface area contributed by atoms with Gasteiger partial charge in [0, 0.05) is 72.2 Å². The maximum atomic E-state index is 14.4. The molecule has 4 aromatic carbocycles. The number of nitrogen functional groups attached to an aromatic ring is 2. The summed E-state index contributed by atoms with van der Waals surface area (Å²) in [4.78, 5) is 65.2. The van der Waals surface area contributed by atoms with Crippen LogP contribution in [0.4, 0.5) is 11.9 Å². The van der Waals surface area contributed by atoms with E-state index in [9.17, 15) is 9.59 Å². The molecule has 6 aromatic heterocycles. The second-order valence-corrected chi connectivity index (χ2v) is 21.2. The normalized spacial score (nSPS) is 12.5. The smallest absolute Gasteiger partial charge is 0.323 e. The van der Waals surface area contributed by atoms with Crippen LogP contribution >= 0.6 is 0 Å². The van der Waals surface area contributed by atoms with E-state index in [1.807, 2.05) is 48.5 Å². The van der Waals surface area contributed by atoms with Gasteiger partial charge in [-0.1, -0.05) is 12.1 Å². The Bertz CT molecular complexity index is 3800. The molecule has 22 nitrogen and oxygen atoms in total. The van der Waals surface area contributed by atoms with Crippen LogP contribution in [0, 0.1) is 5.41 Å². The van der Waals surface area contributed by atoms with Gasteiger partial charge >= 0.3 is 18.2 Å². The maximum Gasteiger partial charge on any atom is 0.323 e. The lowest BCUT2D eigenvalue weighted by atomic mass is 9.95. The standard InChI is InChI=1S/C55H57N17O5/c1-53(2,3)71-44-15-11-32(34-23-60-51(56)61-24-34)19-40(44)66-46(71)38-21-36(13-17-42(38)69-30-58-28-64-69)75-27-55(7,8)50(74)77-49(48(73)68(9)10)76-37-14-18-43(70-31-59-29-65-70)39(22-37)47-67-41-20-33(35-25-62-52(57)63-26-35)12-16-45(41)72(47)54(4,5)6/h11-26,28-31,49H,27H2,1-10H3,(H2,56,60,61)(H2,57,62,63). The van der Waals surface area contributed by atoms with Crippen LogP contribution in [0.2, 0.25) is 0 Å². The van der Waals surface area contributed by atoms with E-state index in [1.54, 1.807) is 99.0 Å². The molecule has 10 rings (SSSR count). The van der Waals surface area contributed by atoms with E-state index in [0.29, 0.717) is 45.4 Å². The third-order valence-electron chi connectivity index (χ3n) is 12.7. The monoisotopic (exact) mass is 1040 g/mol. The molecule has 22 heteroatoms. The number of nitrogens with two attached hydrogens (primary N) is 2. The molecule has 1 unspecified atom stereocenters. The highest BCUT2D eigenvalue weighted by Crippen LogP contribution is 2.40. The van der Waals surface area contributed by atoms with Crippen molar-refractivity contribution in [3.63, 3.8) is 0 Å². The highest BCUT2D eigenvalue weighted by atomic mass is 16.7. The third-order valence-corrected chi connectivity index (χ3v) is 12.7. The molecule has 0 aliphatic carbocycles. The van der Waals surface area contributed by atoms with Gasteiger partial charge in [0.2, 0.25) is 11.9 Å². The lowest BCUT2D eigenvalue weighted by Crippen LogP contribution is -2.44. The van der Waals surface area contributed by atoms with Crippen molar-refractivity contribution in [2.24, 2.45) is 5.41 Å². The Morgan fingerprint density at radius 3 is 1.48 bits per heavy atom. The average molecular weight is 1040 g/mol. The predicted molar refractivity (Wildman–Crippen MR) is 290 cm³/mol. The summed E-state index contributed by atoms with van der Waals surface area (Å²) in [6.45, 7) is 15.8.